The highest BCUT2D eigenvalue weighted by Gasteiger charge is 2.27. The fraction of sp³-hybridized carbons (Fsp3) is 0.419. The van der Waals surface area contributed by atoms with E-state index in [4.69, 9.17) is 4.74 Å². The average Bonchev–Trinajstić information content (AvgIpc) is 3.35. The van der Waals surface area contributed by atoms with Gasteiger partial charge < -0.3 is 25.1 Å². The van der Waals surface area contributed by atoms with Crippen LogP contribution in [0, 0.1) is 11.8 Å². The lowest BCUT2D eigenvalue weighted by atomic mass is 9.99. The zero-order chi connectivity index (χ0) is 30.1. The summed E-state index contributed by atoms with van der Waals surface area (Å²) >= 11 is 0. The molecule has 5 rings (SSSR count). The van der Waals surface area contributed by atoms with Crippen molar-refractivity contribution in [3.63, 3.8) is 0 Å². The van der Waals surface area contributed by atoms with Crippen LogP contribution in [0.25, 0.3) is 0 Å². The van der Waals surface area contributed by atoms with E-state index in [0.29, 0.717) is 11.4 Å². The van der Waals surface area contributed by atoms with E-state index in [1.165, 1.54) is 12.8 Å². The molecular weight excluding hydrogens is 536 g/mol. The van der Waals surface area contributed by atoms with Crippen LogP contribution in [-0.2, 0) is 11.2 Å². The molecule has 42 heavy (non-hydrogen) atoms. The Balaban J connectivity index is 0.000000241. The molecule has 0 saturated carbocycles. The van der Waals surface area contributed by atoms with Crippen molar-refractivity contribution in [2.24, 2.45) is 5.16 Å². The highest BCUT2D eigenvalue weighted by molar-refractivity contribution is 6.06. The van der Waals surface area contributed by atoms with Crippen LogP contribution >= 0.6 is 0 Å². The third kappa shape index (κ3) is 7.59. The molecule has 0 spiro atoms. The normalized spacial score (nSPS) is 18.7. The van der Waals surface area contributed by atoms with E-state index >= 15 is 0 Å². The third-order valence-electron chi connectivity index (χ3n) is 7.48. The van der Waals surface area contributed by atoms with Gasteiger partial charge in [-0.3, -0.25) is 19.8 Å². The molecule has 0 radical (unpaired) electrons. The van der Waals surface area contributed by atoms with Crippen LogP contribution in [0.3, 0.4) is 0 Å². The van der Waals surface area contributed by atoms with E-state index in [1.54, 1.807) is 24.1 Å². The Bertz CT molecular complexity index is 1370. The Morgan fingerprint density at radius 3 is 2.43 bits per heavy atom. The minimum absolute atomic E-state index is 0.0881. The van der Waals surface area contributed by atoms with Crippen molar-refractivity contribution in [3.8, 4) is 17.6 Å². The van der Waals surface area contributed by atoms with Gasteiger partial charge in [0.1, 0.15) is 5.75 Å². The minimum atomic E-state index is -0.828. The summed E-state index contributed by atoms with van der Waals surface area (Å²) in [7, 11) is 3.43. The van der Waals surface area contributed by atoms with Gasteiger partial charge in [-0.15, -0.1) is 0 Å². The summed E-state index contributed by atoms with van der Waals surface area (Å²) in [6, 6.07) is 11.6. The number of likely N-dealkylation sites (N-methyl/N-ethyl adjacent to an activating group) is 1. The second-order valence-corrected chi connectivity index (χ2v) is 10.3. The van der Waals surface area contributed by atoms with Gasteiger partial charge in [0, 0.05) is 56.5 Å². The largest absolute Gasteiger partial charge is 0.497 e. The van der Waals surface area contributed by atoms with Crippen LogP contribution in [0.1, 0.15) is 46.8 Å². The van der Waals surface area contributed by atoms with E-state index in [0.717, 1.165) is 68.1 Å². The topological polar surface area (TPSA) is 127 Å². The minimum Gasteiger partial charge on any atom is -0.497 e. The molecular formula is C31H38N6O5. The summed E-state index contributed by atoms with van der Waals surface area (Å²) in [6.07, 6.45) is 3.33. The molecule has 0 unspecified atom stereocenters. The van der Waals surface area contributed by atoms with Crippen LogP contribution in [0.5, 0.6) is 5.75 Å². The second kappa shape index (κ2) is 14.4. The predicted octanol–water partition coefficient (Wildman–Crippen LogP) is 2.12. The van der Waals surface area contributed by atoms with Gasteiger partial charge in [0.25, 0.3) is 11.8 Å². The number of carbonyl (C=O) groups is 3. The molecule has 3 N–H and O–H groups in total. The van der Waals surface area contributed by atoms with E-state index in [2.05, 4.69) is 44.4 Å². The molecule has 3 aliphatic rings. The number of piperazine rings is 1. The molecule has 2 aromatic rings. The standard InChI is InChI=1S/C20H25N5O3.C11H13NO2/c1-2-3-10-24-11-13-25(14-12-24)18(23-28)16-7-4-15(5-8-16)6-9-17-19(26)22-20(27)21-17;1-12-6-5-8-3-4-9(14-2)7-10(8)11(12)13/h4-5,7-8,17,28H,2-3,10-14H2,1H3,(H2,21,22,26,27);3-4,7H,5-6H2,1-2H3/b23-18-;/t17-;/m0./s1. The number of unbranched alkanes of at least 4 members (excludes halogenated alkanes) is 1. The maximum atomic E-state index is 11.8. The second-order valence-electron chi connectivity index (χ2n) is 10.3. The Labute approximate surface area is 246 Å². The first-order valence-electron chi connectivity index (χ1n) is 14.2. The molecule has 4 amide bonds. The zero-order valence-corrected chi connectivity index (χ0v) is 24.4. The monoisotopic (exact) mass is 574 g/mol. The Morgan fingerprint density at radius 1 is 1.07 bits per heavy atom. The molecule has 0 aromatic heterocycles. The summed E-state index contributed by atoms with van der Waals surface area (Å²) in [6.45, 7) is 7.66. The number of carbonyl (C=O) groups excluding carboxylic acids is 3. The summed E-state index contributed by atoms with van der Waals surface area (Å²) in [4.78, 5) is 40.6. The summed E-state index contributed by atoms with van der Waals surface area (Å²) in [5, 5.41) is 17.6. The van der Waals surface area contributed by atoms with E-state index in [1.807, 2.05) is 37.4 Å². The lowest BCUT2D eigenvalue weighted by Gasteiger charge is -2.36. The summed E-state index contributed by atoms with van der Waals surface area (Å²) in [5.74, 6) is 6.56. The van der Waals surface area contributed by atoms with Crippen molar-refractivity contribution >= 4 is 23.7 Å². The fourth-order valence-electron chi connectivity index (χ4n) is 4.94. The zero-order valence-electron chi connectivity index (χ0n) is 24.4. The molecule has 11 heteroatoms. The third-order valence-corrected chi connectivity index (χ3v) is 7.48. The maximum Gasteiger partial charge on any atom is 0.322 e. The van der Waals surface area contributed by atoms with Gasteiger partial charge in [0.05, 0.1) is 7.11 Å². The van der Waals surface area contributed by atoms with Crippen molar-refractivity contribution in [2.45, 2.75) is 32.2 Å². The Hall–Kier alpha value is -4.56. The molecule has 3 aliphatic heterocycles. The number of ether oxygens (including phenoxy) is 1. The Morgan fingerprint density at radius 2 is 1.81 bits per heavy atom. The van der Waals surface area contributed by atoms with E-state index in [-0.39, 0.29) is 5.91 Å². The number of fused-ring (bicyclic) bond motifs is 1. The van der Waals surface area contributed by atoms with Gasteiger partial charge in [-0.2, -0.15) is 0 Å². The first-order chi connectivity index (χ1) is 20.3. The average molecular weight is 575 g/mol. The fourth-order valence-corrected chi connectivity index (χ4v) is 4.94. The van der Waals surface area contributed by atoms with Gasteiger partial charge in [-0.25, -0.2) is 4.79 Å². The van der Waals surface area contributed by atoms with Crippen molar-refractivity contribution in [1.29, 1.82) is 0 Å². The smallest absolute Gasteiger partial charge is 0.322 e. The molecule has 1 atom stereocenters. The SMILES string of the molecule is CCCCN1CCN(/C(=N\O)c2ccc(C#C[C@@H]3NC(=O)NC3=O)cc2)CC1.COc1ccc2c(c1)C(=O)N(C)CC2. The van der Waals surface area contributed by atoms with Gasteiger partial charge in [-0.05, 0) is 61.3 Å². The number of benzene rings is 2. The summed E-state index contributed by atoms with van der Waals surface area (Å²) in [5.41, 5.74) is 3.41. The number of imide groups is 1. The van der Waals surface area contributed by atoms with Gasteiger partial charge >= 0.3 is 6.03 Å². The lowest BCUT2D eigenvalue weighted by molar-refractivity contribution is -0.119. The number of amides is 4. The number of urea groups is 1. The molecule has 11 nitrogen and oxygen atoms in total. The van der Waals surface area contributed by atoms with E-state index in [9.17, 15) is 19.6 Å². The first kappa shape index (κ1) is 30.4. The predicted molar refractivity (Wildman–Crippen MR) is 159 cm³/mol. The number of hydrogen-bond donors (Lipinski definition) is 3. The van der Waals surface area contributed by atoms with Crippen molar-refractivity contribution < 1.29 is 24.3 Å². The number of hydrogen-bond acceptors (Lipinski definition) is 7. The van der Waals surface area contributed by atoms with Crippen LogP contribution in [0.4, 0.5) is 4.79 Å². The molecule has 0 aliphatic carbocycles. The number of nitrogens with zero attached hydrogens (tertiary/aromatic N) is 4. The van der Waals surface area contributed by atoms with Crippen LogP contribution < -0.4 is 15.4 Å². The number of amidine groups is 1. The molecule has 0 bridgehead atoms. The van der Waals surface area contributed by atoms with Crippen molar-refractivity contribution in [1.82, 2.24) is 25.3 Å². The maximum absolute atomic E-state index is 11.8. The number of oxime groups is 1. The summed E-state index contributed by atoms with van der Waals surface area (Å²) < 4.78 is 5.09. The lowest BCUT2D eigenvalue weighted by Crippen LogP contribution is -2.49. The van der Waals surface area contributed by atoms with Crippen LogP contribution in [0.2, 0.25) is 0 Å². The molecule has 2 aromatic carbocycles. The highest BCUT2D eigenvalue weighted by Crippen LogP contribution is 2.22. The van der Waals surface area contributed by atoms with Crippen LogP contribution in [0.15, 0.2) is 47.6 Å². The molecule has 2 fully saturated rings. The molecule has 2 saturated heterocycles. The molecule has 3 heterocycles. The number of methoxy groups -OCH3 is 1. The quantitative estimate of drug-likeness (QED) is 0.125. The van der Waals surface area contributed by atoms with Crippen molar-refractivity contribution in [2.75, 3.05) is 53.4 Å². The van der Waals surface area contributed by atoms with E-state index < -0.39 is 18.0 Å². The van der Waals surface area contributed by atoms with Gasteiger partial charge in [0.15, 0.2) is 11.9 Å². The Kier molecular flexibility index (Phi) is 10.4. The van der Waals surface area contributed by atoms with Crippen LogP contribution in [-0.4, -0.2) is 103 Å². The number of rotatable bonds is 5. The van der Waals surface area contributed by atoms with Gasteiger partial charge in [0.2, 0.25) is 0 Å². The molecule has 222 valence electrons. The first-order valence-corrected chi connectivity index (χ1v) is 14.2. The number of nitrogens with one attached hydrogen (secondary N) is 2. The highest BCUT2D eigenvalue weighted by atomic mass is 16.5. The van der Waals surface area contributed by atoms with Gasteiger partial charge in [-0.1, -0.05) is 36.4 Å². The van der Waals surface area contributed by atoms with Crippen molar-refractivity contribution in [3.05, 3.63) is 64.7 Å².